The number of hydrogen-bond acceptors (Lipinski definition) is 15. The fourth-order valence-corrected chi connectivity index (χ4v) is 9.79. The third kappa shape index (κ3) is 22.8. The first-order valence-corrected chi connectivity index (χ1v) is 27.7. The topological polar surface area (TPSA) is 251 Å². The SMILES string of the molecule is CC(C)(CCC#N)CN(C[C@@H](O)[C@H](Cc1ccccc1)NC(=O)OC(C)(C)C)S(=O)(=O)c1ccc2c(c1)OCO2.CC(C)(CCC#N)CNC[C@@H](O)[C@H](Cc1ccccc1)NC(=O)OC(C)(C)C.Cc1ccc2c(c1)OCO2. The second-order valence-electron chi connectivity index (χ2n) is 23.0. The van der Waals surface area contributed by atoms with E-state index in [1.165, 1.54) is 28.1 Å². The van der Waals surface area contributed by atoms with Gasteiger partial charge < -0.3 is 54.6 Å². The minimum Gasteiger partial charge on any atom is -0.454 e. The van der Waals surface area contributed by atoms with Crippen molar-refractivity contribution in [2.24, 2.45) is 10.8 Å². The minimum absolute atomic E-state index is 0.0000454. The molecule has 0 radical (unpaired) electrons. The van der Waals surface area contributed by atoms with Gasteiger partial charge in [-0.25, -0.2) is 18.0 Å². The van der Waals surface area contributed by atoms with Crippen molar-refractivity contribution in [3.63, 3.8) is 0 Å². The van der Waals surface area contributed by atoms with Crippen LogP contribution >= 0.6 is 0 Å². The number of nitriles is 2. The Labute approximate surface area is 462 Å². The van der Waals surface area contributed by atoms with Gasteiger partial charge in [0.1, 0.15) is 11.2 Å². The lowest BCUT2D eigenvalue weighted by molar-refractivity contribution is 0.0390. The summed E-state index contributed by atoms with van der Waals surface area (Å²) in [6, 6.07) is 32.2. The van der Waals surface area contributed by atoms with Crippen molar-refractivity contribution in [1.82, 2.24) is 20.3 Å². The van der Waals surface area contributed by atoms with E-state index in [4.69, 9.17) is 38.9 Å². The summed E-state index contributed by atoms with van der Waals surface area (Å²) in [6.07, 6.45) is -0.570. The Morgan fingerprint density at radius 3 is 1.58 bits per heavy atom. The zero-order valence-electron chi connectivity index (χ0n) is 47.3. The van der Waals surface area contributed by atoms with Crippen LogP contribution in [0.5, 0.6) is 23.0 Å². The van der Waals surface area contributed by atoms with E-state index in [0.29, 0.717) is 50.6 Å². The van der Waals surface area contributed by atoms with Crippen LogP contribution in [0.25, 0.3) is 0 Å². The van der Waals surface area contributed by atoms with Crippen LogP contribution in [0.3, 0.4) is 0 Å². The number of aliphatic hydroxyl groups excluding tert-OH is 2. The average Bonchev–Trinajstić information content (AvgIpc) is 4.04. The molecule has 0 aliphatic carbocycles. The highest BCUT2D eigenvalue weighted by Gasteiger charge is 2.36. The van der Waals surface area contributed by atoms with E-state index in [0.717, 1.165) is 29.0 Å². The largest absolute Gasteiger partial charge is 0.454 e. The molecule has 4 atom stereocenters. The lowest BCUT2D eigenvalue weighted by Crippen LogP contribution is -2.52. The molecule has 0 bridgehead atoms. The second kappa shape index (κ2) is 29.4. The van der Waals surface area contributed by atoms with Gasteiger partial charge in [0.05, 0.1) is 41.3 Å². The Morgan fingerprint density at radius 2 is 1.09 bits per heavy atom. The number of nitrogens with one attached hydrogen (secondary N) is 3. The summed E-state index contributed by atoms with van der Waals surface area (Å²) in [5.74, 6) is 2.48. The molecule has 19 heteroatoms. The van der Waals surface area contributed by atoms with Gasteiger partial charge in [0, 0.05) is 45.1 Å². The van der Waals surface area contributed by atoms with Crippen molar-refractivity contribution in [2.75, 3.05) is 39.8 Å². The highest BCUT2D eigenvalue weighted by molar-refractivity contribution is 7.89. The maximum absolute atomic E-state index is 14.0. The van der Waals surface area contributed by atoms with Crippen LogP contribution in [0.15, 0.2) is 102 Å². The van der Waals surface area contributed by atoms with Crippen molar-refractivity contribution in [1.29, 1.82) is 10.5 Å². The molecule has 4 aromatic carbocycles. The van der Waals surface area contributed by atoms with Crippen LogP contribution in [-0.2, 0) is 32.3 Å². The summed E-state index contributed by atoms with van der Waals surface area (Å²) in [5.41, 5.74) is 1.10. The number of carbonyl (C=O) groups is 2. The van der Waals surface area contributed by atoms with Gasteiger partial charge in [0.25, 0.3) is 0 Å². The molecule has 0 saturated carbocycles. The number of carbonyl (C=O) groups excluding carboxylic acids is 2. The summed E-state index contributed by atoms with van der Waals surface area (Å²) >= 11 is 0. The molecule has 426 valence electrons. The number of aliphatic hydroxyl groups is 2. The summed E-state index contributed by atoms with van der Waals surface area (Å²) in [7, 11) is -4.13. The first-order valence-electron chi connectivity index (χ1n) is 26.2. The van der Waals surface area contributed by atoms with Crippen LogP contribution < -0.4 is 34.9 Å². The van der Waals surface area contributed by atoms with Crippen molar-refractivity contribution in [2.45, 2.75) is 155 Å². The third-order valence-electron chi connectivity index (χ3n) is 12.2. The molecular formula is C59H82N6O12S. The Hall–Kier alpha value is -6.61. The van der Waals surface area contributed by atoms with Crippen molar-refractivity contribution in [3.05, 3.63) is 114 Å². The van der Waals surface area contributed by atoms with Gasteiger partial charge in [0.15, 0.2) is 23.0 Å². The van der Waals surface area contributed by atoms with Crippen molar-refractivity contribution in [3.8, 4) is 35.1 Å². The van der Waals surface area contributed by atoms with Crippen molar-refractivity contribution >= 4 is 22.2 Å². The molecule has 0 spiro atoms. The number of aryl methyl sites for hydroxylation is 1. The molecule has 4 aromatic rings. The van der Waals surface area contributed by atoms with Crippen LogP contribution in [-0.4, -0.2) is 110 Å². The first kappa shape index (κ1) is 63.9. The lowest BCUT2D eigenvalue weighted by Gasteiger charge is -2.35. The fourth-order valence-electron chi connectivity index (χ4n) is 8.13. The number of ether oxygens (including phenoxy) is 6. The second-order valence-corrected chi connectivity index (χ2v) is 24.9. The summed E-state index contributed by atoms with van der Waals surface area (Å²) in [5, 5.41) is 48.8. The van der Waals surface area contributed by atoms with E-state index >= 15 is 0 Å². The molecule has 78 heavy (non-hydrogen) atoms. The third-order valence-corrected chi connectivity index (χ3v) is 14.0. The predicted molar refractivity (Wildman–Crippen MR) is 297 cm³/mol. The molecule has 2 amide bonds. The molecule has 2 aliphatic heterocycles. The van der Waals surface area contributed by atoms with Gasteiger partial charge in [-0.2, -0.15) is 14.8 Å². The Bertz CT molecular complexity index is 2720. The summed E-state index contributed by atoms with van der Waals surface area (Å²) in [6.45, 7) is 21.7. The van der Waals surface area contributed by atoms with Crippen LogP contribution in [0.2, 0.25) is 0 Å². The smallest absolute Gasteiger partial charge is 0.407 e. The van der Waals surface area contributed by atoms with E-state index in [2.05, 4.69) is 41.9 Å². The maximum atomic E-state index is 14.0. The molecule has 18 nitrogen and oxygen atoms in total. The maximum Gasteiger partial charge on any atom is 0.407 e. The molecule has 2 aliphatic rings. The molecule has 5 N–H and O–H groups in total. The van der Waals surface area contributed by atoms with Gasteiger partial charge in [-0.1, -0.05) is 94.4 Å². The number of rotatable bonds is 22. The Morgan fingerprint density at radius 1 is 0.641 bits per heavy atom. The quantitative estimate of drug-likeness (QED) is 0.0492. The van der Waals surface area contributed by atoms with Crippen LogP contribution in [0.4, 0.5) is 9.59 Å². The highest BCUT2D eigenvalue weighted by atomic mass is 32.2. The summed E-state index contributed by atoms with van der Waals surface area (Å²) < 4.78 is 60.9. The highest BCUT2D eigenvalue weighted by Crippen LogP contribution is 2.36. The van der Waals surface area contributed by atoms with Gasteiger partial charge in [-0.15, -0.1) is 0 Å². The standard InChI is InChI=1S/C29H39N3O7S.C22H35N3O3.C8H8O2/c1-28(2,3)39-27(34)31-23(16-21-10-7-6-8-11-21)24(33)18-32(19-29(4,5)14-9-15-30)40(35,36)22-12-13-25-26(17-22)38-20-37-25;1-21(2,3)28-20(27)25-18(14-17-10-7-6-8-11-17)19(26)15-24-16-22(4,5)12-9-13-23;1-6-2-3-7-8(4-6)10-5-9-7/h6-8,10-13,17,23-24,33H,9,14,16,18-20H2,1-5H3,(H,31,34);6-8,10-11,18-19,24,26H,9,12,14-16H2,1-5H3,(H,25,27);2-4H,5H2,1H3/t23-,24+;18-,19+;/m00./s1. The minimum atomic E-state index is -4.13. The molecule has 2 heterocycles. The van der Waals surface area contributed by atoms with Crippen molar-refractivity contribution < 1.29 is 56.6 Å². The monoisotopic (exact) mass is 1100 g/mol. The predicted octanol–water partition coefficient (Wildman–Crippen LogP) is 9.36. The fraction of sp³-hybridized carbons (Fsp3) is 0.525. The van der Waals surface area contributed by atoms with E-state index in [1.54, 1.807) is 41.5 Å². The average molecular weight is 1100 g/mol. The molecule has 6 rings (SSSR count). The summed E-state index contributed by atoms with van der Waals surface area (Å²) in [4.78, 5) is 24.9. The zero-order chi connectivity index (χ0) is 57.7. The van der Waals surface area contributed by atoms with E-state index in [9.17, 15) is 28.2 Å². The van der Waals surface area contributed by atoms with E-state index in [-0.39, 0.29) is 43.0 Å². The number of sulfonamides is 1. The van der Waals surface area contributed by atoms with Crippen LogP contribution in [0, 0.1) is 40.4 Å². The lowest BCUT2D eigenvalue weighted by atomic mass is 9.88. The van der Waals surface area contributed by atoms with Gasteiger partial charge in [-0.3, -0.25) is 0 Å². The molecule has 0 unspecified atom stereocenters. The Kier molecular flexibility index (Phi) is 24.1. The Balaban J connectivity index is 0.000000296. The van der Waals surface area contributed by atoms with Gasteiger partial charge in [-0.05, 0) is 126 Å². The number of alkyl carbamates (subject to hydrolysis) is 2. The molecular weight excluding hydrogens is 1020 g/mol. The number of benzene rings is 4. The number of nitrogens with zero attached hydrogens (tertiary/aromatic N) is 3. The van der Waals surface area contributed by atoms with Crippen LogP contribution in [0.1, 0.15) is 112 Å². The van der Waals surface area contributed by atoms with Gasteiger partial charge >= 0.3 is 12.2 Å². The number of hydrogen-bond donors (Lipinski definition) is 5. The first-order chi connectivity index (χ1) is 36.6. The molecule has 0 saturated heterocycles. The zero-order valence-corrected chi connectivity index (χ0v) is 48.1. The number of amides is 2. The molecule has 0 aromatic heterocycles. The van der Waals surface area contributed by atoms with Gasteiger partial charge in [0.2, 0.25) is 23.6 Å². The number of fused-ring (bicyclic) bond motifs is 2. The normalized spacial score (nSPS) is 14.4. The molecule has 0 fully saturated rings. The van der Waals surface area contributed by atoms with E-state index < -0.39 is 63.1 Å². The van der Waals surface area contributed by atoms with E-state index in [1.807, 2.05) is 99.6 Å².